The molecule has 0 atom stereocenters. The first-order chi connectivity index (χ1) is 12.4. The lowest BCUT2D eigenvalue weighted by Crippen LogP contribution is -2.27. The van der Waals surface area contributed by atoms with Gasteiger partial charge in [-0.25, -0.2) is 0 Å². The van der Waals surface area contributed by atoms with Crippen molar-refractivity contribution in [2.75, 3.05) is 6.61 Å². The average molecular weight is 354 g/mol. The summed E-state index contributed by atoms with van der Waals surface area (Å²) < 4.78 is 6.57. The van der Waals surface area contributed by atoms with Crippen molar-refractivity contribution in [2.24, 2.45) is 0 Å². The van der Waals surface area contributed by atoms with Gasteiger partial charge in [0, 0.05) is 6.54 Å². The predicted octanol–water partition coefficient (Wildman–Crippen LogP) is 2.97. The number of hydrogen-bond donors (Lipinski definition) is 1. The smallest absolute Gasteiger partial charge is 0.271 e. The number of nitrogens with zero attached hydrogens (tertiary/aromatic N) is 2. The third-order valence-corrected chi connectivity index (χ3v) is 4.23. The Morgan fingerprint density at radius 1 is 1.27 bits per heavy atom. The van der Waals surface area contributed by atoms with Crippen LogP contribution in [0.2, 0.25) is 0 Å². The summed E-state index contributed by atoms with van der Waals surface area (Å²) in [4.78, 5) is 24.9. The van der Waals surface area contributed by atoms with Crippen molar-refractivity contribution in [2.45, 2.75) is 40.2 Å². The third kappa shape index (κ3) is 3.77. The average Bonchev–Trinajstić information content (AvgIpc) is 2.64. The van der Waals surface area contributed by atoms with Gasteiger partial charge in [0.2, 0.25) is 11.7 Å². The van der Waals surface area contributed by atoms with Gasteiger partial charge in [0.05, 0.1) is 5.56 Å². The maximum Gasteiger partial charge on any atom is 0.271 e. The summed E-state index contributed by atoms with van der Waals surface area (Å²) in [5.74, 6) is -0.362. The van der Waals surface area contributed by atoms with Gasteiger partial charge in [-0.05, 0) is 43.0 Å². The Hall–Kier alpha value is -3.07. The number of ketones is 1. The molecule has 2 rings (SSSR count). The van der Waals surface area contributed by atoms with Gasteiger partial charge in [-0.3, -0.25) is 14.2 Å². The summed E-state index contributed by atoms with van der Waals surface area (Å²) in [6.07, 6.45) is 1.48. The van der Waals surface area contributed by atoms with Crippen LogP contribution in [0, 0.1) is 18.3 Å². The zero-order valence-electron chi connectivity index (χ0n) is 15.2. The van der Waals surface area contributed by atoms with Crippen LogP contribution in [-0.4, -0.2) is 22.1 Å². The molecule has 0 spiro atoms. The Morgan fingerprint density at radius 3 is 2.46 bits per heavy atom. The second kappa shape index (κ2) is 8.34. The number of Topliss-reactive ketones (excluding diaryl/α,β-unsaturated/α-hetero) is 1. The molecule has 0 amide bonds. The molecule has 0 radical (unpaired) electrons. The summed E-state index contributed by atoms with van der Waals surface area (Å²) in [6.45, 7) is 5.29. The minimum absolute atomic E-state index is 0.0419. The number of hydrogen-bond acceptors (Lipinski definition) is 5. The summed E-state index contributed by atoms with van der Waals surface area (Å²) >= 11 is 0. The van der Waals surface area contributed by atoms with E-state index in [0.717, 1.165) is 16.6 Å². The first-order valence-electron chi connectivity index (χ1n) is 8.55. The lowest BCUT2D eigenvalue weighted by Gasteiger charge is -2.15. The number of ether oxygens (including phenoxy) is 1. The molecule has 2 aromatic rings. The molecule has 0 saturated carbocycles. The van der Waals surface area contributed by atoms with Crippen molar-refractivity contribution in [3.8, 4) is 17.7 Å². The quantitative estimate of drug-likeness (QED) is 0.772. The van der Waals surface area contributed by atoms with E-state index in [2.05, 4.69) is 0 Å². The van der Waals surface area contributed by atoms with Crippen molar-refractivity contribution in [1.29, 1.82) is 5.26 Å². The molecule has 0 aliphatic heterocycles. The monoisotopic (exact) mass is 354 g/mol. The van der Waals surface area contributed by atoms with Crippen molar-refractivity contribution >= 4 is 5.78 Å². The SMILES string of the molecule is CCCn1c(O)c(C(=O)COc2ccc(CC)cc2)c(C)c(C#N)c1=O. The summed E-state index contributed by atoms with van der Waals surface area (Å²) in [5, 5.41) is 19.7. The van der Waals surface area contributed by atoms with Crippen molar-refractivity contribution in [3.63, 3.8) is 0 Å². The van der Waals surface area contributed by atoms with Gasteiger partial charge in [0.25, 0.3) is 5.56 Å². The second-order valence-electron chi connectivity index (χ2n) is 5.98. The number of pyridine rings is 1. The van der Waals surface area contributed by atoms with Gasteiger partial charge in [0.1, 0.15) is 17.4 Å². The molecule has 6 heteroatoms. The van der Waals surface area contributed by atoms with Gasteiger partial charge in [-0.2, -0.15) is 5.26 Å². The highest BCUT2D eigenvalue weighted by molar-refractivity contribution is 6.01. The molecule has 1 aromatic heterocycles. The first kappa shape index (κ1) is 19.3. The summed E-state index contributed by atoms with van der Waals surface area (Å²) in [6, 6.07) is 9.21. The molecule has 0 bridgehead atoms. The Bertz CT molecular complexity index is 905. The van der Waals surface area contributed by atoms with Crippen LogP contribution in [0.5, 0.6) is 11.6 Å². The largest absolute Gasteiger partial charge is 0.494 e. The molecule has 0 aliphatic rings. The van der Waals surface area contributed by atoms with E-state index in [0.29, 0.717) is 12.2 Å². The second-order valence-corrected chi connectivity index (χ2v) is 5.98. The minimum Gasteiger partial charge on any atom is -0.494 e. The zero-order valence-corrected chi connectivity index (χ0v) is 15.2. The van der Waals surface area contributed by atoms with Crippen LogP contribution in [0.4, 0.5) is 0 Å². The Balaban J connectivity index is 2.34. The molecular weight excluding hydrogens is 332 g/mol. The van der Waals surface area contributed by atoms with Crippen LogP contribution in [0.1, 0.15) is 47.3 Å². The molecule has 26 heavy (non-hydrogen) atoms. The van der Waals surface area contributed by atoms with E-state index in [4.69, 9.17) is 4.74 Å². The van der Waals surface area contributed by atoms with Gasteiger partial charge >= 0.3 is 0 Å². The molecular formula is C20H22N2O4. The van der Waals surface area contributed by atoms with Crippen LogP contribution in [0.15, 0.2) is 29.1 Å². The topological polar surface area (TPSA) is 92.3 Å². The van der Waals surface area contributed by atoms with Crippen LogP contribution in [-0.2, 0) is 13.0 Å². The van der Waals surface area contributed by atoms with Crippen molar-refractivity contribution in [1.82, 2.24) is 4.57 Å². The minimum atomic E-state index is -0.586. The lowest BCUT2D eigenvalue weighted by atomic mass is 10.0. The van der Waals surface area contributed by atoms with E-state index >= 15 is 0 Å². The fourth-order valence-corrected chi connectivity index (χ4v) is 2.76. The standard InChI is InChI=1S/C20H22N2O4/c1-4-10-22-19(24)16(11-21)13(3)18(20(22)25)17(23)12-26-15-8-6-14(5-2)7-9-15/h6-9,25H,4-5,10,12H2,1-3H3. The van der Waals surface area contributed by atoms with Gasteiger partial charge in [-0.15, -0.1) is 0 Å². The maximum atomic E-state index is 12.6. The zero-order chi connectivity index (χ0) is 19.3. The Labute approximate surface area is 152 Å². The summed E-state index contributed by atoms with van der Waals surface area (Å²) in [7, 11) is 0. The molecule has 0 saturated heterocycles. The van der Waals surface area contributed by atoms with Crippen molar-refractivity contribution < 1.29 is 14.6 Å². The maximum absolute atomic E-state index is 12.6. The highest BCUT2D eigenvalue weighted by Gasteiger charge is 2.23. The van der Waals surface area contributed by atoms with Crippen LogP contribution in [0.3, 0.4) is 0 Å². The molecule has 1 aromatic carbocycles. The number of aryl methyl sites for hydroxylation is 1. The number of aromatic hydroxyl groups is 1. The van der Waals surface area contributed by atoms with E-state index < -0.39 is 17.2 Å². The van der Waals surface area contributed by atoms with E-state index in [1.54, 1.807) is 12.1 Å². The molecule has 136 valence electrons. The first-order valence-corrected chi connectivity index (χ1v) is 8.55. The van der Waals surface area contributed by atoms with Gasteiger partial charge < -0.3 is 9.84 Å². The molecule has 1 N–H and O–H groups in total. The number of benzene rings is 1. The molecule has 0 fully saturated rings. The number of aromatic nitrogens is 1. The fraction of sp³-hybridized carbons (Fsp3) is 0.350. The van der Waals surface area contributed by atoms with Gasteiger partial charge in [-0.1, -0.05) is 26.0 Å². The predicted molar refractivity (Wildman–Crippen MR) is 97.8 cm³/mol. The van der Waals surface area contributed by atoms with Crippen LogP contribution >= 0.6 is 0 Å². The Morgan fingerprint density at radius 2 is 1.92 bits per heavy atom. The lowest BCUT2D eigenvalue weighted by molar-refractivity contribution is 0.0916. The highest BCUT2D eigenvalue weighted by Crippen LogP contribution is 2.23. The number of nitriles is 1. The Kier molecular flexibility index (Phi) is 6.18. The van der Waals surface area contributed by atoms with E-state index in [9.17, 15) is 20.0 Å². The van der Waals surface area contributed by atoms with Crippen LogP contribution < -0.4 is 10.3 Å². The molecule has 0 aliphatic carbocycles. The fourth-order valence-electron chi connectivity index (χ4n) is 2.76. The van der Waals surface area contributed by atoms with E-state index in [1.807, 2.05) is 32.0 Å². The van der Waals surface area contributed by atoms with E-state index in [-0.39, 0.29) is 29.8 Å². The van der Waals surface area contributed by atoms with E-state index in [1.165, 1.54) is 6.92 Å². The summed E-state index contributed by atoms with van der Waals surface area (Å²) in [5.41, 5.74) is 0.573. The number of carbonyl (C=O) groups is 1. The molecule has 6 nitrogen and oxygen atoms in total. The third-order valence-electron chi connectivity index (χ3n) is 4.23. The normalized spacial score (nSPS) is 10.4. The highest BCUT2D eigenvalue weighted by atomic mass is 16.5. The molecule has 0 unspecified atom stereocenters. The van der Waals surface area contributed by atoms with Gasteiger partial charge in [0.15, 0.2) is 6.61 Å². The number of carbonyl (C=O) groups excluding carboxylic acids is 1. The number of rotatable bonds is 7. The van der Waals surface area contributed by atoms with Crippen LogP contribution in [0.25, 0.3) is 0 Å². The van der Waals surface area contributed by atoms with Crippen molar-refractivity contribution in [3.05, 3.63) is 56.9 Å². The molecule has 1 heterocycles.